The van der Waals surface area contributed by atoms with Crippen LogP contribution in [0.1, 0.15) is 42.7 Å². The van der Waals surface area contributed by atoms with Crippen LogP contribution < -0.4 is 5.32 Å². The molecule has 0 saturated heterocycles. The lowest BCUT2D eigenvalue weighted by molar-refractivity contribution is 0.722. The van der Waals surface area contributed by atoms with Crippen LogP contribution in [0.2, 0.25) is 0 Å². The lowest BCUT2D eigenvalue weighted by atomic mass is 9.99. The van der Waals surface area contributed by atoms with Crippen LogP contribution in [0.5, 0.6) is 0 Å². The molecule has 3 heteroatoms. The van der Waals surface area contributed by atoms with Gasteiger partial charge in [-0.2, -0.15) is 0 Å². The van der Waals surface area contributed by atoms with Gasteiger partial charge in [-0.3, -0.25) is 0 Å². The van der Waals surface area contributed by atoms with E-state index in [1.807, 2.05) is 25.4 Å². The summed E-state index contributed by atoms with van der Waals surface area (Å²) in [7, 11) is 0. The minimum Gasteiger partial charge on any atom is -0.325 e. The lowest BCUT2D eigenvalue weighted by Crippen LogP contribution is -1.99. The fourth-order valence-corrected chi connectivity index (χ4v) is 2.70. The van der Waals surface area contributed by atoms with Gasteiger partial charge in [-0.15, -0.1) is 0 Å². The van der Waals surface area contributed by atoms with Gasteiger partial charge < -0.3 is 5.32 Å². The highest BCUT2D eigenvalue weighted by Gasteiger charge is 2.17. The van der Waals surface area contributed by atoms with Gasteiger partial charge in [0.15, 0.2) is 0 Å². The maximum absolute atomic E-state index is 4.38. The van der Waals surface area contributed by atoms with Crippen molar-refractivity contribution in [3.63, 3.8) is 0 Å². The van der Waals surface area contributed by atoms with Crippen molar-refractivity contribution in [1.29, 1.82) is 0 Å². The van der Waals surface area contributed by atoms with Crippen molar-refractivity contribution >= 4 is 11.6 Å². The molecule has 19 heavy (non-hydrogen) atoms. The second kappa shape index (κ2) is 5.39. The first kappa shape index (κ1) is 12.2. The predicted octanol–water partition coefficient (Wildman–Crippen LogP) is 4.19. The summed E-state index contributed by atoms with van der Waals surface area (Å²) in [4.78, 5) is 8.73. The summed E-state index contributed by atoms with van der Waals surface area (Å²) < 4.78 is 0. The third-order valence-corrected chi connectivity index (χ3v) is 3.78. The van der Waals surface area contributed by atoms with E-state index in [0.29, 0.717) is 0 Å². The number of rotatable bonds is 3. The van der Waals surface area contributed by atoms with Crippen molar-refractivity contribution in [1.82, 2.24) is 9.97 Å². The standard InChI is InChI=1S/C16H19N3/c1-12-6-7-15(18-11-12)19-16-10-14(8-9-17-16)13-4-2-3-5-13/h6-11,13H,2-5H2,1H3,(H,17,18,19). The van der Waals surface area contributed by atoms with E-state index >= 15 is 0 Å². The van der Waals surface area contributed by atoms with E-state index in [9.17, 15) is 0 Å². The largest absolute Gasteiger partial charge is 0.325 e. The van der Waals surface area contributed by atoms with Gasteiger partial charge in [-0.1, -0.05) is 18.9 Å². The van der Waals surface area contributed by atoms with Gasteiger partial charge in [0, 0.05) is 12.4 Å². The number of nitrogens with one attached hydrogen (secondary N) is 1. The third kappa shape index (κ3) is 2.92. The summed E-state index contributed by atoms with van der Waals surface area (Å²) in [6.45, 7) is 2.04. The molecule has 0 amide bonds. The Kier molecular flexibility index (Phi) is 3.45. The first-order chi connectivity index (χ1) is 9.31. The Labute approximate surface area is 114 Å². The third-order valence-electron chi connectivity index (χ3n) is 3.78. The zero-order valence-corrected chi connectivity index (χ0v) is 11.3. The quantitative estimate of drug-likeness (QED) is 0.891. The molecule has 0 aromatic carbocycles. The molecule has 0 bridgehead atoms. The zero-order valence-electron chi connectivity index (χ0n) is 11.3. The Bertz CT molecular complexity index is 542. The molecule has 0 radical (unpaired) electrons. The van der Waals surface area contributed by atoms with Gasteiger partial charge in [0.2, 0.25) is 0 Å². The molecule has 0 spiro atoms. The maximum atomic E-state index is 4.38. The van der Waals surface area contributed by atoms with Gasteiger partial charge >= 0.3 is 0 Å². The van der Waals surface area contributed by atoms with Crippen molar-refractivity contribution in [3.8, 4) is 0 Å². The van der Waals surface area contributed by atoms with Crippen molar-refractivity contribution in [2.45, 2.75) is 38.5 Å². The molecular weight excluding hydrogens is 234 g/mol. The van der Waals surface area contributed by atoms with Crippen LogP contribution in [0.15, 0.2) is 36.7 Å². The monoisotopic (exact) mass is 253 g/mol. The van der Waals surface area contributed by atoms with Crippen molar-refractivity contribution in [2.24, 2.45) is 0 Å². The van der Waals surface area contributed by atoms with E-state index in [2.05, 4.69) is 33.5 Å². The average Bonchev–Trinajstić information content (AvgIpc) is 2.96. The summed E-state index contributed by atoms with van der Waals surface area (Å²) in [6, 6.07) is 8.34. The highest BCUT2D eigenvalue weighted by molar-refractivity contribution is 5.52. The molecule has 0 unspecified atom stereocenters. The second-order valence-corrected chi connectivity index (χ2v) is 5.30. The Balaban J connectivity index is 1.77. The van der Waals surface area contributed by atoms with E-state index in [-0.39, 0.29) is 0 Å². The molecule has 2 aromatic rings. The highest BCUT2D eigenvalue weighted by atomic mass is 15.0. The molecule has 1 fully saturated rings. The molecule has 0 atom stereocenters. The average molecular weight is 253 g/mol. The molecule has 2 aromatic heterocycles. The summed E-state index contributed by atoms with van der Waals surface area (Å²) in [5.74, 6) is 2.46. The Morgan fingerprint density at radius 3 is 2.63 bits per heavy atom. The molecular formula is C16H19N3. The number of anilines is 2. The first-order valence-electron chi connectivity index (χ1n) is 6.97. The van der Waals surface area contributed by atoms with Crippen LogP contribution in [-0.2, 0) is 0 Å². The van der Waals surface area contributed by atoms with Gasteiger partial charge in [0.25, 0.3) is 0 Å². The molecule has 3 nitrogen and oxygen atoms in total. The topological polar surface area (TPSA) is 37.8 Å². The molecule has 1 N–H and O–H groups in total. The number of hydrogen-bond donors (Lipinski definition) is 1. The van der Waals surface area contributed by atoms with Crippen LogP contribution in [0.4, 0.5) is 11.6 Å². The molecule has 2 heterocycles. The smallest absolute Gasteiger partial charge is 0.131 e. The van der Waals surface area contributed by atoms with Crippen LogP contribution in [-0.4, -0.2) is 9.97 Å². The van der Waals surface area contributed by atoms with Crippen molar-refractivity contribution in [2.75, 3.05) is 5.32 Å². The van der Waals surface area contributed by atoms with E-state index in [1.54, 1.807) is 0 Å². The minimum absolute atomic E-state index is 0.717. The maximum Gasteiger partial charge on any atom is 0.131 e. The first-order valence-corrected chi connectivity index (χ1v) is 6.97. The molecule has 1 aliphatic rings. The Morgan fingerprint density at radius 1 is 1.05 bits per heavy atom. The molecule has 0 aliphatic heterocycles. The number of nitrogens with zero attached hydrogens (tertiary/aromatic N) is 2. The lowest BCUT2D eigenvalue weighted by Gasteiger charge is -2.11. The van der Waals surface area contributed by atoms with Crippen molar-refractivity contribution < 1.29 is 0 Å². The Morgan fingerprint density at radius 2 is 1.89 bits per heavy atom. The number of pyridine rings is 2. The Hall–Kier alpha value is -1.90. The molecule has 1 aliphatic carbocycles. The van der Waals surface area contributed by atoms with Gasteiger partial charge in [0.1, 0.15) is 11.6 Å². The van der Waals surface area contributed by atoms with Crippen LogP contribution in [0.3, 0.4) is 0 Å². The zero-order chi connectivity index (χ0) is 13.1. The molecule has 98 valence electrons. The summed E-state index contributed by atoms with van der Waals surface area (Å²) >= 11 is 0. The summed E-state index contributed by atoms with van der Waals surface area (Å²) in [5.41, 5.74) is 2.57. The highest BCUT2D eigenvalue weighted by Crippen LogP contribution is 2.34. The minimum atomic E-state index is 0.717. The predicted molar refractivity (Wildman–Crippen MR) is 77.7 cm³/mol. The number of aryl methyl sites for hydroxylation is 1. The fraction of sp³-hybridized carbons (Fsp3) is 0.375. The number of aromatic nitrogens is 2. The summed E-state index contributed by atoms with van der Waals surface area (Å²) in [5, 5.41) is 3.27. The van der Waals surface area contributed by atoms with Crippen LogP contribution in [0.25, 0.3) is 0 Å². The SMILES string of the molecule is Cc1ccc(Nc2cc(C3CCCC3)ccn2)nc1. The number of hydrogen-bond acceptors (Lipinski definition) is 3. The van der Waals surface area contributed by atoms with Crippen molar-refractivity contribution in [3.05, 3.63) is 47.8 Å². The van der Waals surface area contributed by atoms with Gasteiger partial charge in [0.05, 0.1) is 0 Å². The van der Waals surface area contributed by atoms with Crippen LogP contribution >= 0.6 is 0 Å². The molecule has 3 rings (SSSR count). The van der Waals surface area contributed by atoms with Gasteiger partial charge in [-0.25, -0.2) is 9.97 Å². The fourth-order valence-electron chi connectivity index (χ4n) is 2.70. The molecule has 1 saturated carbocycles. The van der Waals surface area contributed by atoms with Gasteiger partial charge in [-0.05, 0) is 55.0 Å². The van der Waals surface area contributed by atoms with E-state index < -0.39 is 0 Å². The second-order valence-electron chi connectivity index (χ2n) is 5.30. The van der Waals surface area contributed by atoms with Crippen LogP contribution in [0, 0.1) is 6.92 Å². The normalized spacial score (nSPS) is 15.6. The van der Waals surface area contributed by atoms with E-state index in [1.165, 1.54) is 36.8 Å². The van der Waals surface area contributed by atoms with E-state index in [0.717, 1.165) is 17.6 Å². The van der Waals surface area contributed by atoms with E-state index in [4.69, 9.17) is 0 Å². The summed E-state index contributed by atoms with van der Waals surface area (Å²) in [6.07, 6.45) is 9.09.